The van der Waals surface area contributed by atoms with E-state index in [1.54, 1.807) is 0 Å². The molecule has 0 N–H and O–H groups in total. The molecule has 6 rings (SSSR count). The zero-order chi connectivity index (χ0) is 24.3. The van der Waals surface area contributed by atoms with Crippen molar-refractivity contribution in [3.8, 4) is 22.5 Å². The Kier molecular flexibility index (Phi) is 6.01. The van der Waals surface area contributed by atoms with E-state index in [2.05, 4.69) is 116 Å². The number of aryl methyl sites for hydroxylation is 3. The second-order valence-corrected chi connectivity index (χ2v) is 9.44. The second kappa shape index (κ2) is 9.75. The van der Waals surface area contributed by atoms with Gasteiger partial charge in [0, 0.05) is 27.9 Å². The maximum atomic E-state index is 5.24. The quantitative estimate of drug-likeness (QED) is 0.247. The van der Waals surface area contributed by atoms with Gasteiger partial charge >= 0.3 is 0 Å². The first-order chi connectivity index (χ1) is 17.7. The summed E-state index contributed by atoms with van der Waals surface area (Å²) < 4.78 is 0. The molecule has 0 bridgehead atoms. The van der Waals surface area contributed by atoms with E-state index in [9.17, 15) is 0 Å². The number of hydrogen-bond donors (Lipinski definition) is 0. The van der Waals surface area contributed by atoms with Crippen molar-refractivity contribution in [1.29, 1.82) is 0 Å². The third-order valence-corrected chi connectivity index (χ3v) is 6.82. The number of rotatable bonds is 6. The number of benzene rings is 4. The van der Waals surface area contributed by atoms with Gasteiger partial charge in [-0.1, -0.05) is 91.0 Å². The Morgan fingerprint density at radius 2 is 1.28 bits per heavy atom. The minimum atomic E-state index is 0.912. The van der Waals surface area contributed by atoms with Crippen LogP contribution in [0.25, 0.3) is 44.1 Å². The predicted molar refractivity (Wildman–Crippen MR) is 151 cm³/mol. The molecule has 0 fully saturated rings. The van der Waals surface area contributed by atoms with E-state index >= 15 is 0 Å². The van der Waals surface area contributed by atoms with Gasteiger partial charge in [0.1, 0.15) is 0 Å². The van der Waals surface area contributed by atoms with Gasteiger partial charge < -0.3 is 0 Å². The van der Waals surface area contributed by atoms with E-state index in [4.69, 9.17) is 9.97 Å². The summed E-state index contributed by atoms with van der Waals surface area (Å²) in [4.78, 5) is 10.2. The van der Waals surface area contributed by atoms with Crippen LogP contribution in [0.2, 0.25) is 0 Å². The van der Waals surface area contributed by atoms with E-state index < -0.39 is 0 Å². The van der Waals surface area contributed by atoms with Crippen LogP contribution < -0.4 is 0 Å². The molecule has 2 heteroatoms. The van der Waals surface area contributed by atoms with Crippen molar-refractivity contribution >= 4 is 21.5 Å². The van der Waals surface area contributed by atoms with Gasteiger partial charge in [0.15, 0.2) is 0 Å². The molecule has 0 saturated heterocycles. The highest BCUT2D eigenvalue weighted by molar-refractivity contribution is 5.98. The lowest BCUT2D eigenvalue weighted by Gasteiger charge is -2.13. The maximum absolute atomic E-state index is 5.24. The van der Waals surface area contributed by atoms with Gasteiger partial charge in [-0.25, -0.2) is 0 Å². The summed E-state index contributed by atoms with van der Waals surface area (Å²) in [6.07, 6.45) is 2.84. The van der Waals surface area contributed by atoms with Gasteiger partial charge in [0.25, 0.3) is 0 Å². The van der Waals surface area contributed by atoms with Crippen LogP contribution in [0.3, 0.4) is 0 Å². The minimum Gasteiger partial charge on any atom is -0.253 e. The summed E-state index contributed by atoms with van der Waals surface area (Å²) in [6, 6.07) is 40.7. The van der Waals surface area contributed by atoms with Gasteiger partial charge in [0.05, 0.1) is 11.4 Å². The highest BCUT2D eigenvalue weighted by Gasteiger charge is 2.11. The Hall–Kier alpha value is -4.30. The first-order valence-corrected chi connectivity index (χ1v) is 12.6. The van der Waals surface area contributed by atoms with E-state index in [0.29, 0.717) is 0 Å². The van der Waals surface area contributed by atoms with Crippen LogP contribution >= 0.6 is 0 Å². The van der Waals surface area contributed by atoms with Crippen LogP contribution in [0.1, 0.15) is 23.4 Å². The Balaban J connectivity index is 1.32. The second-order valence-electron chi connectivity index (χ2n) is 9.44. The van der Waals surface area contributed by atoms with Crippen molar-refractivity contribution in [2.45, 2.75) is 26.2 Å². The molecule has 0 aliphatic heterocycles. The van der Waals surface area contributed by atoms with E-state index in [1.165, 1.54) is 32.7 Å². The minimum absolute atomic E-state index is 0.912. The fourth-order valence-corrected chi connectivity index (χ4v) is 5.10. The number of aromatic nitrogens is 2. The molecule has 4 aromatic carbocycles. The predicted octanol–water partition coefficient (Wildman–Crippen LogP) is 8.60. The fraction of sp³-hybridized carbons (Fsp3) is 0.118. The number of nitrogens with zero attached hydrogens (tertiary/aromatic N) is 2. The lowest BCUT2D eigenvalue weighted by molar-refractivity contribution is 0.788. The van der Waals surface area contributed by atoms with Crippen LogP contribution in [0, 0.1) is 6.92 Å². The van der Waals surface area contributed by atoms with Crippen LogP contribution in [0.5, 0.6) is 0 Å². The molecular formula is C34H28N2. The van der Waals surface area contributed by atoms with Crippen molar-refractivity contribution < 1.29 is 0 Å². The topological polar surface area (TPSA) is 25.8 Å². The van der Waals surface area contributed by atoms with E-state index in [-0.39, 0.29) is 0 Å². The van der Waals surface area contributed by atoms with Crippen LogP contribution in [0.4, 0.5) is 0 Å². The average Bonchev–Trinajstić information content (AvgIpc) is 2.93. The lowest BCUT2D eigenvalue weighted by atomic mass is 9.96. The van der Waals surface area contributed by atoms with Crippen LogP contribution in [-0.4, -0.2) is 9.97 Å². The molecule has 0 unspecified atom stereocenters. The highest BCUT2D eigenvalue weighted by atomic mass is 14.7. The van der Waals surface area contributed by atoms with Crippen LogP contribution in [-0.2, 0) is 12.8 Å². The van der Waals surface area contributed by atoms with Crippen molar-refractivity contribution in [2.75, 3.05) is 0 Å². The Morgan fingerprint density at radius 1 is 0.556 bits per heavy atom. The largest absolute Gasteiger partial charge is 0.253 e. The zero-order valence-electron chi connectivity index (χ0n) is 20.5. The van der Waals surface area contributed by atoms with E-state index in [1.807, 2.05) is 6.07 Å². The summed E-state index contributed by atoms with van der Waals surface area (Å²) in [6.45, 7) is 2.16. The molecular weight excluding hydrogens is 436 g/mol. The molecule has 0 spiro atoms. The zero-order valence-corrected chi connectivity index (χ0v) is 20.5. The summed E-state index contributed by atoms with van der Waals surface area (Å²) in [5.74, 6) is 0. The molecule has 0 radical (unpaired) electrons. The Morgan fingerprint density at radius 3 is 2.11 bits per heavy atom. The maximum Gasteiger partial charge on any atom is 0.0718 e. The smallest absolute Gasteiger partial charge is 0.0718 e. The molecule has 0 saturated carbocycles. The fourth-order valence-electron chi connectivity index (χ4n) is 5.10. The molecule has 0 aliphatic carbocycles. The van der Waals surface area contributed by atoms with Crippen molar-refractivity contribution in [1.82, 2.24) is 9.97 Å². The first-order valence-electron chi connectivity index (χ1n) is 12.6. The van der Waals surface area contributed by atoms with E-state index in [0.717, 1.165) is 47.6 Å². The molecule has 2 nitrogen and oxygen atoms in total. The molecule has 2 heterocycles. The van der Waals surface area contributed by atoms with Crippen molar-refractivity contribution in [2.24, 2.45) is 0 Å². The van der Waals surface area contributed by atoms with Gasteiger partial charge in [-0.15, -0.1) is 0 Å². The van der Waals surface area contributed by atoms with Crippen LogP contribution in [0.15, 0.2) is 115 Å². The average molecular weight is 465 g/mol. The molecule has 0 aliphatic rings. The Labute approximate surface area is 212 Å². The highest BCUT2D eigenvalue weighted by Crippen LogP contribution is 2.32. The number of pyridine rings is 2. The summed E-state index contributed by atoms with van der Waals surface area (Å²) >= 11 is 0. The monoisotopic (exact) mass is 464 g/mol. The molecule has 174 valence electrons. The summed E-state index contributed by atoms with van der Waals surface area (Å²) in [5, 5.41) is 4.99. The standard InChI is InChI=1S/C34H28N2/c1-24-21-26-13-5-7-17-29(26)31(22-24)34-23-27-14-6-8-18-30(27)33(36-34)20-10-16-28-15-9-19-32(35-28)25-11-3-2-4-12-25/h2-9,11-15,17-19,21-23H,10,16,20H2,1H3. The first kappa shape index (κ1) is 22.2. The SMILES string of the molecule is Cc1cc(-c2cc3ccccc3c(CCCc3cccc(-c4ccccc4)n3)n2)c2ccccc2c1. The third kappa shape index (κ3) is 4.50. The molecule has 6 aromatic rings. The number of hydrogen-bond acceptors (Lipinski definition) is 2. The molecule has 2 aromatic heterocycles. The van der Waals surface area contributed by atoms with Gasteiger partial charge in [0.2, 0.25) is 0 Å². The van der Waals surface area contributed by atoms with Gasteiger partial charge in [-0.2, -0.15) is 0 Å². The van der Waals surface area contributed by atoms with Crippen molar-refractivity contribution in [3.05, 3.63) is 132 Å². The molecule has 0 atom stereocenters. The van der Waals surface area contributed by atoms with Gasteiger partial charge in [-0.3, -0.25) is 9.97 Å². The lowest BCUT2D eigenvalue weighted by Crippen LogP contribution is -1.99. The third-order valence-electron chi connectivity index (χ3n) is 6.82. The molecule has 0 amide bonds. The normalized spacial score (nSPS) is 11.2. The molecule has 36 heavy (non-hydrogen) atoms. The number of fused-ring (bicyclic) bond motifs is 2. The summed E-state index contributed by atoms with van der Waals surface area (Å²) in [7, 11) is 0. The Bertz CT molecular complexity index is 1670. The van der Waals surface area contributed by atoms with Gasteiger partial charge in [-0.05, 0) is 72.2 Å². The van der Waals surface area contributed by atoms with Crippen molar-refractivity contribution in [3.63, 3.8) is 0 Å². The summed E-state index contributed by atoms with van der Waals surface area (Å²) in [5.41, 5.74) is 7.98.